The van der Waals surface area contributed by atoms with Crippen molar-refractivity contribution in [1.29, 1.82) is 0 Å². The van der Waals surface area contributed by atoms with Crippen LogP contribution in [0.5, 0.6) is 5.75 Å². The summed E-state index contributed by atoms with van der Waals surface area (Å²) in [6.07, 6.45) is 0.871. The Morgan fingerprint density at radius 1 is 1.08 bits per heavy atom. The summed E-state index contributed by atoms with van der Waals surface area (Å²) in [5.41, 5.74) is 0.968. The van der Waals surface area contributed by atoms with Crippen LogP contribution in [0.4, 0.5) is 0 Å². The van der Waals surface area contributed by atoms with E-state index in [0.717, 1.165) is 15.8 Å². The van der Waals surface area contributed by atoms with Gasteiger partial charge in [-0.15, -0.1) is 0 Å². The lowest BCUT2D eigenvalue weighted by molar-refractivity contribution is -0.147. The first kappa shape index (κ1) is 20.0. The quantitative estimate of drug-likeness (QED) is 0.457. The summed E-state index contributed by atoms with van der Waals surface area (Å²) in [7, 11) is 1.32. The van der Waals surface area contributed by atoms with Gasteiger partial charge in [0.05, 0.1) is 13.7 Å². The van der Waals surface area contributed by atoms with Gasteiger partial charge in [0.1, 0.15) is 12.3 Å². The summed E-state index contributed by atoms with van der Waals surface area (Å²) in [5.74, 6) is 0.222. The number of nitrogens with zero attached hydrogens (tertiary/aromatic N) is 1. The maximum atomic E-state index is 12.5. The summed E-state index contributed by atoms with van der Waals surface area (Å²) in [6.45, 7) is 0.748. The predicted octanol–water partition coefficient (Wildman–Crippen LogP) is 3.81. The van der Waals surface area contributed by atoms with Gasteiger partial charge in [-0.2, -0.15) is 0 Å². The van der Waals surface area contributed by atoms with E-state index in [2.05, 4.69) is 15.9 Å². The fraction of sp³-hybridized carbons (Fsp3) is 0.300. The van der Waals surface area contributed by atoms with Crippen LogP contribution >= 0.6 is 15.9 Å². The molecule has 0 N–H and O–H groups in total. The summed E-state index contributed by atoms with van der Waals surface area (Å²) in [5, 5.41) is 0. The predicted molar refractivity (Wildman–Crippen MR) is 103 cm³/mol. The van der Waals surface area contributed by atoms with Crippen molar-refractivity contribution in [1.82, 2.24) is 4.90 Å². The van der Waals surface area contributed by atoms with Crippen molar-refractivity contribution in [3.05, 3.63) is 64.6 Å². The van der Waals surface area contributed by atoms with Gasteiger partial charge in [0.15, 0.2) is 0 Å². The van der Waals surface area contributed by atoms with Crippen LogP contribution in [-0.4, -0.2) is 37.0 Å². The number of halogens is 1. The monoisotopic (exact) mass is 419 g/mol. The third-order valence-corrected chi connectivity index (χ3v) is 4.21. The number of hydrogen-bond donors (Lipinski definition) is 0. The molecular formula is C20H22BrNO4. The molecule has 0 aliphatic rings. The molecule has 6 heteroatoms. The van der Waals surface area contributed by atoms with E-state index in [1.165, 1.54) is 12.0 Å². The Bertz CT molecular complexity index is 721. The van der Waals surface area contributed by atoms with E-state index in [-0.39, 0.29) is 12.5 Å². The molecule has 0 heterocycles. The first-order valence-corrected chi connectivity index (χ1v) is 9.14. The molecule has 0 aliphatic carbocycles. The molecule has 138 valence electrons. The lowest BCUT2D eigenvalue weighted by atomic mass is 10.2. The Morgan fingerprint density at radius 3 is 2.54 bits per heavy atom. The van der Waals surface area contributed by atoms with Gasteiger partial charge in [-0.05, 0) is 30.2 Å². The van der Waals surface area contributed by atoms with Crippen LogP contribution < -0.4 is 4.74 Å². The van der Waals surface area contributed by atoms with E-state index >= 15 is 0 Å². The lowest BCUT2D eigenvalue weighted by Crippen LogP contribution is -2.35. The number of esters is 1. The molecule has 26 heavy (non-hydrogen) atoms. The zero-order valence-corrected chi connectivity index (χ0v) is 16.3. The van der Waals surface area contributed by atoms with Crippen LogP contribution in [0, 0.1) is 0 Å². The van der Waals surface area contributed by atoms with Crippen molar-refractivity contribution in [2.45, 2.75) is 19.4 Å². The van der Waals surface area contributed by atoms with Crippen LogP contribution in [0.15, 0.2) is 59.1 Å². The van der Waals surface area contributed by atoms with Gasteiger partial charge in [-0.1, -0.05) is 52.3 Å². The SMILES string of the molecule is COC(=O)CN(Cc1ccccc1)C(=O)CCCOc1cccc(Br)c1. The Labute approximate surface area is 162 Å². The van der Waals surface area contributed by atoms with Crippen molar-refractivity contribution in [3.8, 4) is 5.75 Å². The standard InChI is InChI=1S/C20H22BrNO4/c1-25-20(24)15-22(14-16-7-3-2-4-8-16)19(23)11-6-12-26-18-10-5-9-17(21)13-18/h2-5,7-10,13H,6,11-12,14-15H2,1H3. The molecule has 2 aromatic rings. The van der Waals surface area contributed by atoms with Crippen molar-refractivity contribution >= 4 is 27.8 Å². The molecule has 2 aromatic carbocycles. The maximum absolute atomic E-state index is 12.5. The van der Waals surface area contributed by atoms with Gasteiger partial charge in [-0.3, -0.25) is 9.59 Å². The van der Waals surface area contributed by atoms with Crippen molar-refractivity contribution in [2.75, 3.05) is 20.3 Å². The molecule has 0 radical (unpaired) electrons. The number of ether oxygens (including phenoxy) is 2. The highest BCUT2D eigenvalue weighted by Gasteiger charge is 2.17. The Hall–Kier alpha value is -2.34. The highest BCUT2D eigenvalue weighted by molar-refractivity contribution is 9.10. The zero-order chi connectivity index (χ0) is 18.8. The van der Waals surface area contributed by atoms with Crippen LogP contribution in [0.3, 0.4) is 0 Å². The fourth-order valence-electron chi connectivity index (χ4n) is 2.38. The molecule has 0 bridgehead atoms. The molecule has 0 fully saturated rings. The molecule has 0 unspecified atom stereocenters. The van der Waals surface area contributed by atoms with Crippen LogP contribution in [0.1, 0.15) is 18.4 Å². The van der Waals surface area contributed by atoms with Crippen LogP contribution in [0.25, 0.3) is 0 Å². The van der Waals surface area contributed by atoms with Gasteiger partial charge in [0.2, 0.25) is 5.91 Å². The highest BCUT2D eigenvalue weighted by atomic mass is 79.9. The van der Waals surface area contributed by atoms with E-state index in [0.29, 0.717) is 26.0 Å². The fourth-order valence-corrected chi connectivity index (χ4v) is 2.76. The first-order valence-electron chi connectivity index (χ1n) is 8.35. The smallest absolute Gasteiger partial charge is 0.325 e. The molecule has 0 aromatic heterocycles. The average molecular weight is 420 g/mol. The number of carbonyl (C=O) groups is 2. The van der Waals surface area contributed by atoms with Crippen molar-refractivity contribution in [3.63, 3.8) is 0 Å². The number of methoxy groups -OCH3 is 1. The van der Waals surface area contributed by atoms with Gasteiger partial charge < -0.3 is 14.4 Å². The third kappa shape index (κ3) is 6.88. The number of hydrogen-bond acceptors (Lipinski definition) is 4. The number of rotatable bonds is 9. The lowest BCUT2D eigenvalue weighted by Gasteiger charge is -2.21. The van der Waals surface area contributed by atoms with E-state index in [1.54, 1.807) is 0 Å². The minimum absolute atomic E-state index is 0.0588. The van der Waals surface area contributed by atoms with Gasteiger partial charge in [0, 0.05) is 17.4 Å². The highest BCUT2D eigenvalue weighted by Crippen LogP contribution is 2.18. The first-order chi connectivity index (χ1) is 12.6. The van der Waals surface area contributed by atoms with Crippen LogP contribution in [0.2, 0.25) is 0 Å². The Balaban J connectivity index is 1.85. The third-order valence-electron chi connectivity index (χ3n) is 3.72. The molecule has 0 spiro atoms. The second-order valence-electron chi connectivity index (χ2n) is 5.72. The molecule has 0 saturated heterocycles. The Kier molecular flexibility index (Phi) is 8.15. The normalized spacial score (nSPS) is 10.2. The zero-order valence-electron chi connectivity index (χ0n) is 14.7. The second-order valence-corrected chi connectivity index (χ2v) is 6.64. The Morgan fingerprint density at radius 2 is 1.85 bits per heavy atom. The van der Waals surface area contributed by atoms with Gasteiger partial charge >= 0.3 is 5.97 Å². The molecule has 5 nitrogen and oxygen atoms in total. The van der Waals surface area contributed by atoms with Crippen molar-refractivity contribution in [2.24, 2.45) is 0 Å². The van der Waals surface area contributed by atoms with E-state index in [4.69, 9.17) is 9.47 Å². The van der Waals surface area contributed by atoms with Gasteiger partial charge in [-0.25, -0.2) is 0 Å². The van der Waals surface area contributed by atoms with E-state index in [1.807, 2.05) is 54.6 Å². The molecule has 0 atom stereocenters. The minimum Gasteiger partial charge on any atom is -0.494 e. The molecule has 2 rings (SSSR count). The summed E-state index contributed by atoms with van der Waals surface area (Å²) in [6, 6.07) is 17.1. The summed E-state index contributed by atoms with van der Waals surface area (Å²) < 4.78 is 11.3. The molecule has 1 amide bonds. The summed E-state index contributed by atoms with van der Waals surface area (Å²) in [4.78, 5) is 25.7. The van der Waals surface area contributed by atoms with Crippen molar-refractivity contribution < 1.29 is 19.1 Å². The second kappa shape index (κ2) is 10.6. The average Bonchev–Trinajstić information content (AvgIpc) is 2.65. The molecular weight excluding hydrogens is 398 g/mol. The number of amides is 1. The summed E-state index contributed by atoms with van der Waals surface area (Å²) >= 11 is 3.39. The molecule has 0 saturated carbocycles. The van der Waals surface area contributed by atoms with E-state index in [9.17, 15) is 9.59 Å². The molecule has 0 aliphatic heterocycles. The van der Waals surface area contributed by atoms with Crippen LogP contribution in [-0.2, 0) is 20.9 Å². The maximum Gasteiger partial charge on any atom is 0.325 e. The van der Waals surface area contributed by atoms with Gasteiger partial charge in [0.25, 0.3) is 0 Å². The number of carbonyl (C=O) groups excluding carboxylic acids is 2. The van der Waals surface area contributed by atoms with E-state index < -0.39 is 5.97 Å². The number of benzene rings is 2. The largest absolute Gasteiger partial charge is 0.494 e. The minimum atomic E-state index is -0.431. The topological polar surface area (TPSA) is 55.8 Å².